The predicted molar refractivity (Wildman–Crippen MR) is 102 cm³/mol. The van der Waals surface area contributed by atoms with Crippen LogP contribution in [-0.4, -0.2) is 55.0 Å². The van der Waals surface area contributed by atoms with E-state index in [0.717, 1.165) is 11.3 Å². The highest BCUT2D eigenvalue weighted by Gasteiger charge is 2.52. The van der Waals surface area contributed by atoms with E-state index in [1.807, 2.05) is 28.0 Å². The van der Waals surface area contributed by atoms with E-state index in [4.69, 9.17) is 4.74 Å². The van der Waals surface area contributed by atoms with Gasteiger partial charge < -0.3 is 14.5 Å². The molecule has 1 saturated heterocycles. The van der Waals surface area contributed by atoms with Crippen LogP contribution in [0.3, 0.4) is 0 Å². The third-order valence-electron chi connectivity index (χ3n) is 5.72. The van der Waals surface area contributed by atoms with E-state index in [1.54, 1.807) is 31.6 Å². The van der Waals surface area contributed by atoms with Crippen molar-refractivity contribution in [1.82, 2.24) is 9.88 Å². The van der Waals surface area contributed by atoms with E-state index >= 15 is 0 Å². The second kappa shape index (κ2) is 7.12. The molecule has 6 nitrogen and oxygen atoms in total. The van der Waals surface area contributed by atoms with E-state index < -0.39 is 5.41 Å². The third-order valence-corrected chi connectivity index (χ3v) is 5.72. The molecule has 0 atom stereocenters. The molecule has 27 heavy (non-hydrogen) atoms. The highest BCUT2D eigenvalue weighted by Crippen LogP contribution is 2.47. The molecular formula is C21H23N3O3. The highest BCUT2D eigenvalue weighted by atomic mass is 16.5. The summed E-state index contributed by atoms with van der Waals surface area (Å²) in [7, 11) is 1.64. The molecule has 1 fully saturated rings. The molecule has 0 unspecified atom stereocenters. The second-order valence-electron chi connectivity index (χ2n) is 7.08. The summed E-state index contributed by atoms with van der Waals surface area (Å²) in [6.07, 6.45) is 4.54. The molecule has 3 heterocycles. The zero-order valence-electron chi connectivity index (χ0n) is 15.4. The summed E-state index contributed by atoms with van der Waals surface area (Å²) in [6.45, 7) is 2.19. The van der Waals surface area contributed by atoms with E-state index in [-0.39, 0.29) is 11.8 Å². The van der Waals surface area contributed by atoms with Crippen LogP contribution in [-0.2, 0) is 14.9 Å². The van der Waals surface area contributed by atoms with Crippen molar-refractivity contribution in [3.63, 3.8) is 0 Å². The fourth-order valence-corrected chi connectivity index (χ4v) is 4.25. The first kappa shape index (κ1) is 17.7. The van der Waals surface area contributed by atoms with Crippen LogP contribution in [0.2, 0.25) is 0 Å². The summed E-state index contributed by atoms with van der Waals surface area (Å²) in [5, 5.41) is 0. The molecule has 2 amide bonds. The van der Waals surface area contributed by atoms with Crippen LogP contribution in [0.1, 0.15) is 28.8 Å². The molecule has 0 radical (unpaired) electrons. The summed E-state index contributed by atoms with van der Waals surface area (Å²) in [6, 6.07) is 11.5. The fourth-order valence-electron chi connectivity index (χ4n) is 4.25. The Balaban J connectivity index is 1.57. The van der Waals surface area contributed by atoms with Crippen LogP contribution in [0.5, 0.6) is 0 Å². The Morgan fingerprint density at radius 1 is 1.15 bits per heavy atom. The quantitative estimate of drug-likeness (QED) is 0.834. The molecule has 0 aliphatic carbocycles. The lowest BCUT2D eigenvalue weighted by Gasteiger charge is -2.38. The minimum Gasteiger partial charge on any atom is -0.383 e. The number of benzene rings is 1. The highest BCUT2D eigenvalue weighted by molar-refractivity contribution is 6.08. The van der Waals surface area contributed by atoms with Crippen molar-refractivity contribution in [3.05, 3.63) is 59.9 Å². The van der Waals surface area contributed by atoms with Gasteiger partial charge in [-0.3, -0.25) is 14.6 Å². The Hall–Kier alpha value is -2.73. The number of rotatable bonds is 4. The zero-order chi connectivity index (χ0) is 18.9. The smallest absolute Gasteiger partial charge is 0.253 e. The molecule has 1 aromatic heterocycles. The summed E-state index contributed by atoms with van der Waals surface area (Å²) in [5.74, 6) is 0.138. The van der Waals surface area contributed by atoms with Crippen LogP contribution in [0.15, 0.2) is 48.8 Å². The van der Waals surface area contributed by atoms with Crippen molar-refractivity contribution in [2.24, 2.45) is 0 Å². The molecule has 0 N–H and O–H groups in total. The Morgan fingerprint density at radius 3 is 2.56 bits per heavy atom. The van der Waals surface area contributed by atoms with Gasteiger partial charge in [-0.1, -0.05) is 18.2 Å². The van der Waals surface area contributed by atoms with E-state index in [9.17, 15) is 9.59 Å². The van der Waals surface area contributed by atoms with E-state index in [0.29, 0.717) is 44.6 Å². The van der Waals surface area contributed by atoms with Gasteiger partial charge in [0.25, 0.3) is 5.91 Å². The molecule has 140 valence electrons. The maximum absolute atomic E-state index is 13.4. The number of fused-ring (bicyclic) bond motifs is 2. The van der Waals surface area contributed by atoms with E-state index in [1.165, 1.54) is 0 Å². The number of pyridine rings is 1. The first-order chi connectivity index (χ1) is 13.2. The van der Waals surface area contributed by atoms with Crippen LogP contribution in [0.25, 0.3) is 0 Å². The maximum Gasteiger partial charge on any atom is 0.253 e. The molecule has 2 aliphatic rings. The Kier molecular flexibility index (Phi) is 4.66. The average Bonchev–Trinajstić information content (AvgIpc) is 2.95. The monoisotopic (exact) mass is 365 g/mol. The third kappa shape index (κ3) is 2.90. The van der Waals surface area contributed by atoms with Gasteiger partial charge in [0.1, 0.15) is 0 Å². The number of anilines is 1. The minimum atomic E-state index is -0.528. The van der Waals surface area contributed by atoms with E-state index in [2.05, 4.69) is 11.1 Å². The summed E-state index contributed by atoms with van der Waals surface area (Å²) < 4.78 is 5.19. The topological polar surface area (TPSA) is 62.7 Å². The summed E-state index contributed by atoms with van der Waals surface area (Å²) >= 11 is 0. The van der Waals surface area contributed by atoms with Gasteiger partial charge in [0.15, 0.2) is 0 Å². The number of likely N-dealkylation sites (tertiary alicyclic amines) is 1. The van der Waals surface area contributed by atoms with Crippen LogP contribution >= 0.6 is 0 Å². The standard InChI is InChI=1S/C21H23N3O3/c1-27-15-14-24-18-5-3-2-4-17(18)21(20(24)26)8-12-23(13-9-21)19(25)16-6-10-22-11-7-16/h2-7,10-11H,8-9,12-15H2,1H3. The number of para-hydroxylation sites is 1. The van der Waals surface area contributed by atoms with Crippen molar-refractivity contribution in [1.29, 1.82) is 0 Å². The lowest BCUT2D eigenvalue weighted by atomic mass is 9.73. The molecule has 1 aromatic carbocycles. The van der Waals surface area contributed by atoms with Crippen LogP contribution in [0.4, 0.5) is 5.69 Å². The van der Waals surface area contributed by atoms with Gasteiger partial charge in [-0.25, -0.2) is 0 Å². The molecule has 6 heteroatoms. The number of carbonyl (C=O) groups excluding carboxylic acids is 2. The number of amides is 2. The lowest BCUT2D eigenvalue weighted by molar-refractivity contribution is -0.124. The molecule has 0 saturated carbocycles. The van der Waals surface area contributed by atoms with Gasteiger partial charge in [-0.15, -0.1) is 0 Å². The number of hydrogen-bond donors (Lipinski definition) is 0. The number of aromatic nitrogens is 1. The maximum atomic E-state index is 13.4. The summed E-state index contributed by atoms with van der Waals surface area (Å²) in [5.41, 5.74) is 2.18. The fraction of sp³-hybridized carbons (Fsp3) is 0.381. The Labute approximate surface area is 158 Å². The van der Waals surface area contributed by atoms with Gasteiger partial charge in [-0.05, 0) is 36.6 Å². The van der Waals surface area contributed by atoms with Gasteiger partial charge in [-0.2, -0.15) is 0 Å². The Bertz CT molecular complexity index is 845. The Morgan fingerprint density at radius 2 is 1.85 bits per heavy atom. The van der Waals surface area contributed by atoms with Crippen molar-refractivity contribution in [2.75, 3.05) is 38.3 Å². The number of hydrogen-bond acceptors (Lipinski definition) is 4. The molecule has 0 bridgehead atoms. The van der Waals surface area contributed by atoms with Gasteiger partial charge >= 0.3 is 0 Å². The lowest BCUT2D eigenvalue weighted by Crippen LogP contribution is -2.50. The minimum absolute atomic E-state index is 0.00206. The van der Waals surface area contributed by atoms with Gasteiger partial charge in [0.05, 0.1) is 12.0 Å². The number of ether oxygens (including phenoxy) is 1. The van der Waals surface area contributed by atoms with Crippen LogP contribution < -0.4 is 4.90 Å². The number of carbonyl (C=O) groups is 2. The van der Waals surface area contributed by atoms with Crippen molar-refractivity contribution < 1.29 is 14.3 Å². The normalized spacial score (nSPS) is 18.0. The van der Waals surface area contributed by atoms with Gasteiger partial charge in [0.2, 0.25) is 5.91 Å². The number of nitrogens with zero attached hydrogens (tertiary/aromatic N) is 3. The molecule has 1 spiro atoms. The zero-order valence-corrected chi connectivity index (χ0v) is 15.4. The predicted octanol–water partition coefficient (Wildman–Crippen LogP) is 2.25. The van der Waals surface area contributed by atoms with Crippen LogP contribution in [0, 0.1) is 0 Å². The van der Waals surface area contributed by atoms with Gasteiger partial charge in [0, 0.05) is 50.4 Å². The van der Waals surface area contributed by atoms with Crippen molar-refractivity contribution in [2.45, 2.75) is 18.3 Å². The first-order valence-corrected chi connectivity index (χ1v) is 9.27. The summed E-state index contributed by atoms with van der Waals surface area (Å²) in [4.78, 5) is 33.7. The SMILES string of the molecule is COCCN1C(=O)C2(CCN(C(=O)c3ccncc3)CC2)c2ccccc21. The number of methoxy groups -OCH3 is 1. The first-order valence-electron chi connectivity index (χ1n) is 9.27. The second-order valence-corrected chi connectivity index (χ2v) is 7.08. The molecule has 4 rings (SSSR count). The van der Waals surface area contributed by atoms with Crippen molar-refractivity contribution >= 4 is 17.5 Å². The van der Waals surface area contributed by atoms with Crippen molar-refractivity contribution in [3.8, 4) is 0 Å². The average molecular weight is 365 g/mol. The molecule has 2 aromatic rings. The largest absolute Gasteiger partial charge is 0.383 e. The molecule has 2 aliphatic heterocycles. The molecular weight excluding hydrogens is 342 g/mol. The number of piperidine rings is 1.